The minimum Gasteiger partial charge on any atom is -0.462 e. The molecule has 1 aromatic rings. The van der Waals surface area contributed by atoms with Crippen LogP contribution in [0.4, 0.5) is 8.78 Å². The van der Waals surface area contributed by atoms with E-state index in [9.17, 15) is 13.6 Å². The Morgan fingerprint density at radius 3 is 2.33 bits per heavy atom. The van der Waals surface area contributed by atoms with E-state index >= 15 is 0 Å². The van der Waals surface area contributed by atoms with Gasteiger partial charge < -0.3 is 4.74 Å². The van der Waals surface area contributed by atoms with Crippen molar-refractivity contribution in [1.82, 2.24) is 0 Å². The normalized spacial score (nSPS) is 10.7. The fraction of sp³-hybridized carbons (Fsp3) is 0.588. The van der Waals surface area contributed by atoms with Gasteiger partial charge in [0.05, 0.1) is 6.61 Å². The summed E-state index contributed by atoms with van der Waals surface area (Å²) in [6, 6.07) is 2.39. The van der Waals surface area contributed by atoms with Crippen molar-refractivity contribution in [3.05, 3.63) is 34.9 Å². The Morgan fingerprint density at radius 2 is 1.67 bits per heavy atom. The third-order valence-electron chi connectivity index (χ3n) is 3.47. The third kappa shape index (κ3) is 5.82. The SMILES string of the molecule is CCCCCCCCCOC(=O)c1c(F)ccc(C)c1F. The summed E-state index contributed by atoms with van der Waals surface area (Å²) in [7, 11) is 0. The summed E-state index contributed by atoms with van der Waals surface area (Å²) in [6.07, 6.45) is 7.68. The van der Waals surface area contributed by atoms with Crippen LogP contribution >= 0.6 is 0 Å². The molecule has 4 heteroatoms. The second kappa shape index (κ2) is 9.48. The first-order valence-electron chi connectivity index (χ1n) is 7.69. The van der Waals surface area contributed by atoms with Crippen molar-refractivity contribution in [1.29, 1.82) is 0 Å². The number of carbonyl (C=O) groups excluding carboxylic acids is 1. The van der Waals surface area contributed by atoms with E-state index in [0.717, 1.165) is 25.3 Å². The molecule has 1 rings (SSSR count). The van der Waals surface area contributed by atoms with Crippen LogP contribution in [-0.2, 0) is 4.74 Å². The molecule has 0 heterocycles. The highest BCUT2D eigenvalue weighted by Crippen LogP contribution is 2.17. The quantitative estimate of drug-likeness (QED) is 0.464. The van der Waals surface area contributed by atoms with E-state index in [1.54, 1.807) is 0 Å². The zero-order valence-corrected chi connectivity index (χ0v) is 12.9. The number of halogens is 2. The van der Waals surface area contributed by atoms with E-state index in [0.29, 0.717) is 0 Å². The molecular weight excluding hydrogens is 274 g/mol. The largest absolute Gasteiger partial charge is 0.462 e. The number of aryl methyl sites for hydroxylation is 1. The van der Waals surface area contributed by atoms with Crippen LogP contribution in [0.2, 0.25) is 0 Å². The third-order valence-corrected chi connectivity index (χ3v) is 3.47. The fourth-order valence-corrected chi connectivity index (χ4v) is 2.14. The molecule has 0 saturated carbocycles. The van der Waals surface area contributed by atoms with Gasteiger partial charge in [-0.1, -0.05) is 51.5 Å². The van der Waals surface area contributed by atoms with Crippen molar-refractivity contribution in [3.8, 4) is 0 Å². The highest BCUT2D eigenvalue weighted by molar-refractivity contribution is 5.90. The molecular formula is C17H24F2O2. The Morgan fingerprint density at radius 1 is 1.05 bits per heavy atom. The lowest BCUT2D eigenvalue weighted by molar-refractivity contribution is 0.0486. The van der Waals surface area contributed by atoms with E-state index in [-0.39, 0.29) is 12.2 Å². The molecule has 0 fully saturated rings. The number of unbranched alkanes of at least 4 members (excludes halogenated alkanes) is 6. The predicted molar refractivity (Wildman–Crippen MR) is 79.4 cm³/mol. The lowest BCUT2D eigenvalue weighted by Crippen LogP contribution is -2.12. The zero-order chi connectivity index (χ0) is 15.7. The number of carbonyl (C=O) groups is 1. The van der Waals surface area contributed by atoms with Gasteiger partial charge in [0.15, 0.2) is 0 Å². The first-order chi connectivity index (χ1) is 10.1. The molecule has 0 aliphatic carbocycles. The van der Waals surface area contributed by atoms with Crippen molar-refractivity contribution in [2.45, 2.75) is 58.8 Å². The van der Waals surface area contributed by atoms with Crippen LogP contribution in [0.1, 0.15) is 67.8 Å². The summed E-state index contributed by atoms with van der Waals surface area (Å²) in [5.41, 5.74) is -0.350. The topological polar surface area (TPSA) is 26.3 Å². The number of rotatable bonds is 9. The van der Waals surface area contributed by atoms with Gasteiger partial charge in [0.25, 0.3) is 0 Å². The molecule has 0 spiro atoms. The summed E-state index contributed by atoms with van der Waals surface area (Å²) in [5.74, 6) is -2.62. The monoisotopic (exact) mass is 298 g/mol. The second-order valence-electron chi connectivity index (χ2n) is 5.31. The van der Waals surface area contributed by atoms with Gasteiger partial charge >= 0.3 is 5.97 Å². The summed E-state index contributed by atoms with van der Waals surface area (Å²) in [5, 5.41) is 0. The number of hydrogen-bond donors (Lipinski definition) is 0. The average molecular weight is 298 g/mol. The van der Waals surface area contributed by atoms with Gasteiger partial charge in [-0.2, -0.15) is 0 Å². The first-order valence-corrected chi connectivity index (χ1v) is 7.69. The number of benzene rings is 1. The van der Waals surface area contributed by atoms with E-state index in [2.05, 4.69) is 6.92 Å². The minimum atomic E-state index is -0.917. The number of hydrogen-bond acceptors (Lipinski definition) is 2. The lowest BCUT2D eigenvalue weighted by atomic mass is 10.1. The molecule has 0 amide bonds. The predicted octanol–water partition coefficient (Wildman–Crippen LogP) is 5.18. The van der Waals surface area contributed by atoms with E-state index in [4.69, 9.17) is 4.74 Å². The van der Waals surface area contributed by atoms with E-state index in [1.165, 1.54) is 38.7 Å². The van der Waals surface area contributed by atoms with Crippen LogP contribution in [0.5, 0.6) is 0 Å². The van der Waals surface area contributed by atoms with Gasteiger partial charge in [-0.05, 0) is 25.0 Å². The maximum atomic E-state index is 13.7. The molecule has 118 valence electrons. The Balaban J connectivity index is 2.30. The highest BCUT2D eigenvalue weighted by Gasteiger charge is 2.20. The summed E-state index contributed by atoms with van der Waals surface area (Å²) >= 11 is 0. The van der Waals surface area contributed by atoms with Crippen molar-refractivity contribution >= 4 is 5.97 Å². The van der Waals surface area contributed by atoms with Crippen molar-refractivity contribution in [2.75, 3.05) is 6.61 Å². The molecule has 0 bridgehead atoms. The van der Waals surface area contributed by atoms with Crippen LogP contribution in [-0.4, -0.2) is 12.6 Å². The molecule has 0 saturated heterocycles. The summed E-state index contributed by atoms with van der Waals surface area (Å²) in [4.78, 5) is 11.7. The molecule has 0 unspecified atom stereocenters. The maximum Gasteiger partial charge on any atom is 0.344 e. The van der Waals surface area contributed by atoms with Gasteiger partial charge in [0, 0.05) is 0 Å². The molecule has 0 aliphatic rings. The highest BCUT2D eigenvalue weighted by atomic mass is 19.1. The van der Waals surface area contributed by atoms with E-state index < -0.39 is 23.2 Å². The molecule has 0 N–H and O–H groups in total. The van der Waals surface area contributed by atoms with Gasteiger partial charge in [-0.15, -0.1) is 0 Å². The van der Waals surface area contributed by atoms with Crippen LogP contribution in [0.15, 0.2) is 12.1 Å². The number of esters is 1. The Hall–Kier alpha value is -1.45. The van der Waals surface area contributed by atoms with Crippen molar-refractivity contribution in [3.63, 3.8) is 0 Å². The molecule has 2 nitrogen and oxygen atoms in total. The Kier molecular flexibility index (Phi) is 7.95. The zero-order valence-electron chi connectivity index (χ0n) is 12.9. The van der Waals surface area contributed by atoms with Crippen LogP contribution < -0.4 is 0 Å². The minimum absolute atomic E-state index is 0.208. The fourth-order valence-electron chi connectivity index (χ4n) is 2.14. The molecule has 1 aromatic carbocycles. The van der Waals surface area contributed by atoms with Gasteiger partial charge in [-0.25, -0.2) is 13.6 Å². The summed E-state index contributed by atoms with van der Waals surface area (Å²) < 4.78 is 32.2. The molecule has 0 radical (unpaired) electrons. The van der Waals surface area contributed by atoms with Crippen LogP contribution in [0.25, 0.3) is 0 Å². The standard InChI is InChI=1S/C17H24F2O2/c1-3-4-5-6-7-8-9-12-21-17(20)15-14(18)11-10-13(2)16(15)19/h10-11H,3-9,12H2,1-2H3. The van der Waals surface area contributed by atoms with Gasteiger partial charge in [0.1, 0.15) is 17.2 Å². The smallest absolute Gasteiger partial charge is 0.344 e. The lowest BCUT2D eigenvalue weighted by Gasteiger charge is -2.08. The Labute approximate surface area is 125 Å². The molecule has 0 aromatic heterocycles. The average Bonchev–Trinajstić information content (AvgIpc) is 2.46. The van der Waals surface area contributed by atoms with Gasteiger partial charge in [-0.3, -0.25) is 0 Å². The summed E-state index contributed by atoms with van der Waals surface area (Å²) in [6.45, 7) is 3.87. The molecule has 0 aliphatic heterocycles. The second-order valence-corrected chi connectivity index (χ2v) is 5.31. The molecule has 0 atom stereocenters. The Bertz CT molecular complexity index is 458. The van der Waals surface area contributed by atoms with Crippen molar-refractivity contribution in [2.24, 2.45) is 0 Å². The number of ether oxygens (including phenoxy) is 1. The van der Waals surface area contributed by atoms with Crippen LogP contribution in [0, 0.1) is 18.6 Å². The van der Waals surface area contributed by atoms with Crippen molar-refractivity contribution < 1.29 is 18.3 Å². The molecule has 21 heavy (non-hydrogen) atoms. The first kappa shape index (κ1) is 17.6. The maximum absolute atomic E-state index is 13.7. The van der Waals surface area contributed by atoms with Gasteiger partial charge in [0.2, 0.25) is 0 Å². The van der Waals surface area contributed by atoms with Crippen LogP contribution in [0.3, 0.4) is 0 Å². The van der Waals surface area contributed by atoms with E-state index in [1.807, 2.05) is 0 Å².